The Balaban J connectivity index is 0.000000380. The van der Waals surface area contributed by atoms with E-state index in [4.69, 9.17) is 9.47 Å². The number of aliphatic imine (C=N–C) groups is 2. The molecule has 0 atom stereocenters. The Kier molecular flexibility index (Phi) is 14.9. The van der Waals surface area contributed by atoms with Crippen LogP contribution in [0.25, 0.3) is 11.3 Å². The summed E-state index contributed by atoms with van der Waals surface area (Å²) >= 11 is 0. The Morgan fingerprint density at radius 3 is 2.32 bits per heavy atom. The van der Waals surface area contributed by atoms with Gasteiger partial charge in [0.25, 0.3) is 0 Å². The fraction of sp³-hybridized carbons (Fsp3) is 0.290. The first-order valence-electron chi connectivity index (χ1n) is 12.2. The van der Waals surface area contributed by atoms with Gasteiger partial charge in [0, 0.05) is 31.7 Å². The van der Waals surface area contributed by atoms with Crippen molar-refractivity contribution in [2.24, 2.45) is 9.98 Å². The second-order valence-corrected chi connectivity index (χ2v) is 8.01. The molecule has 2 aromatic carbocycles. The van der Waals surface area contributed by atoms with Crippen molar-refractivity contribution in [3.05, 3.63) is 102 Å². The first-order valence-corrected chi connectivity index (χ1v) is 12.2. The number of alkyl halides is 1. The van der Waals surface area contributed by atoms with Crippen LogP contribution in [0.5, 0.6) is 5.75 Å². The highest BCUT2D eigenvalue weighted by Crippen LogP contribution is 2.22. The summed E-state index contributed by atoms with van der Waals surface area (Å²) in [5.74, 6) is -0.214. The third-order valence-electron chi connectivity index (χ3n) is 5.32. The molecule has 0 aliphatic heterocycles. The molecule has 0 aliphatic carbocycles. The van der Waals surface area contributed by atoms with Crippen molar-refractivity contribution in [1.82, 2.24) is 0 Å². The molecule has 38 heavy (non-hydrogen) atoms. The van der Waals surface area contributed by atoms with E-state index in [1.807, 2.05) is 57.2 Å². The van der Waals surface area contributed by atoms with Crippen molar-refractivity contribution in [1.29, 1.82) is 0 Å². The highest BCUT2D eigenvalue weighted by atomic mass is 19.2. The van der Waals surface area contributed by atoms with Gasteiger partial charge in [0.05, 0.1) is 37.6 Å². The van der Waals surface area contributed by atoms with E-state index in [1.165, 1.54) is 12.1 Å². The molecule has 2 rings (SSSR count). The summed E-state index contributed by atoms with van der Waals surface area (Å²) in [6.45, 7) is 13.5. The fourth-order valence-corrected chi connectivity index (χ4v) is 3.01. The van der Waals surface area contributed by atoms with Crippen LogP contribution in [0.1, 0.15) is 44.7 Å². The van der Waals surface area contributed by atoms with E-state index in [0.29, 0.717) is 18.7 Å². The maximum Gasteiger partial charge on any atom is 0.168 e. The molecule has 0 bridgehead atoms. The van der Waals surface area contributed by atoms with Crippen molar-refractivity contribution in [3.8, 4) is 5.75 Å². The number of hydrogen-bond acceptors (Lipinski definition) is 4. The number of nitrogens with zero attached hydrogens (tertiary/aromatic N) is 2. The summed E-state index contributed by atoms with van der Waals surface area (Å²) in [5.41, 5.74) is 3.57. The minimum Gasteiger partial charge on any atom is -0.501 e. The lowest BCUT2D eigenvalue weighted by molar-refractivity contribution is 0.281. The molecule has 204 valence electrons. The van der Waals surface area contributed by atoms with Gasteiger partial charge in [0.15, 0.2) is 11.6 Å². The van der Waals surface area contributed by atoms with Gasteiger partial charge in [-0.1, -0.05) is 44.4 Å². The topological polar surface area (TPSA) is 43.2 Å². The maximum absolute atomic E-state index is 13.6. The van der Waals surface area contributed by atoms with Crippen LogP contribution < -0.4 is 4.74 Å². The highest BCUT2D eigenvalue weighted by Gasteiger charge is 2.11. The van der Waals surface area contributed by atoms with Gasteiger partial charge in [-0.2, -0.15) is 0 Å². The zero-order chi connectivity index (χ0) is 28.5. The third kappa shape index (κ3) is 10.6. The van der Waals surface area contributed by atoms with E-state index in [1.54, 1.807) is 20.4 Å². The number of allylic oxidation sites excluding steroid dienone is 5. The van der Waals surface area contributed by atoms with Gasteiger partial charge >= 0.3 is 0 Å². The first-order chi connectivity index (χ1) is 18.2. The summed E-state index contributed by atoms with van der Waals surface area (Å²) in [6, 6.07) is 11.5. The Morgan fingerprint density at radius 2 is 1.76 bits per heavy atom. The molecule has 0 aliphatic rings. The predicted octanol–water partition coefficient (Wildman–Crippen LogP) is 8.42. The molecule has 0 unspecified atom stereocenters. The number of methoxy groups -OCH3 is 1. The molecule has 0 saturated heterocycles. The standard InChI is InChI=1S/C16H21FO2.C15H16F2N2/c1-4-15(18-3)12-13(2)14-6-8-16(9-7-14)19-11-5-10-17;1-5-10(2)14(9-18-4)19-11(3)12-7-6-8-13(16)15(12)17/h6-9,12H,2,4-5,10-11H2,1,3H3;5-9H,3H2,1-2,4H3/b15-12-;10-5-,18-9?,19-14?. The molecule has 0 heterocycles. The molecule has 7 heteroatoms. The SMILES string of the molecule is C=C(/C=C(/CC)OC)c1ccc(OCCCF)cc1.C=C(N=C(C=NC)/C(C)=C\C)c1cccc(F)c1F. The van der Waals surface area contributed by atoms with E-state index >= 15 is 0 Å². The molecule has 0 saturated carbocycles. The van der Waals surface area contributed by atoms with Gasteiger partial charge in [-0.15, -0.1) is 0 Å². The van der Waals surface area contributed by atoms with Crippen molar-refractivity contribution in [2.75, 3.05) is 27.4 Å². The van der Waals surface area contributed by atoms with Crippen molar-refractivity contribution < 1.29 is 22.6 Å². The summed E-state index contributed by atoms with van der Waals surface area (Å²) in [5, 5.41) is 0. The molecule has 0 fully saturated rings. The minimum absolute atomic E-state index is 0.0471. The Morgan fingerprint density at radius 1 is 1.08 bits per heavy atom. The molecule has 2 aromatic rings. The lowest BCUT2D eigenvalue weighted by Gasteiger charge is -2.08. The van der Waals surface area contributed by atoms with E-state index in [0.717, 1.165) is 40.7 Å². The zero-order valence-electron chi connectivity index (χ0n) is 22.9. The van der Waals surface area contributed by atoms with Crippen LogP contribution in [-0.4, -0.2) is 39.4 Å². The summed E-state index contributed by atoms with van der Waals surface area (Å²) in [6.07, 6.45) is 6.59. The molecule has 0 spiro atoms. The van der Waals surface area contributed by atoms with Crippen LogP contribution >= 0.6 is 0 Å². The summed E-state index contributed by atoms with van der Waals surface area (Å²) < 4.78 is 49.3. The van der Waals surface area contributed by atoms with Gasteiger partial charge < -0.3 is 9.47 Å². The molecular formula is C31H37F3N2O2. The predicted molar refractivity (Wildman–Crippen MR) is 154 cm³/mol. The largest absolute Gasteiger partial charge is 0.501 e. The number of rotatable bonds is 12. The smallest absolute Gasteiger partial charge is 0.168 e. The van der Waals surface area contributed by atoms with Crippen LogP contribution in [-0.2, 0) is 4.74 Å². The molecule has 4 nitrogen and oxygen atoms in total. The van der Waals surface area contributed by atoms with Crippen LogP contribution in [0.2, 0.25) is 0 Å². The molecule has 0 amide bonds. The summed E-state index contributed by atoms with van der Waals surface area (Å²) in [4.78, 5) is 8.09. The second-order valence-electron chi connectivity index (χ2n) is 8.01. The van der Waals surface area contributed by atoms with Gasteiger partial charge in [-0.05, 0) is 60.9 Å². The number of halogens is 3. The molecule has 0 radical (unpaired) electrons. The van der Waals surface area contributed by atoms with Crippen LogP contribution in [0.4, 0.5) is 13.2 Å². The Labute approximate surface area is 224 Å². The van der Waals surface area contributed by atoms with E-state index in [2.05, 4.69) is 23.1 Å². The van der Waals surface area contributed by atoms with E-state index in [-0.39, 0.29) is 17.9 Å². The molecule has 0 aromatic heterocycles. The quantitative estimate of drug-likeness (QED) is 0.121. The Hall–Kier alpha value is -3.87. The monoisotopic (exact) mass is 526 g/mol. The maximum atomic E-state index is 13.6. The van der Waals surface area contributed by atoms with Gasteiger partial charge in [0.2, 0.25) is 0 Å². The molecular weight excluding hydrogens is 489 g/mol. The lowest BCUT2D eigenvalue weighted by Crippen LogP contribution is -2.03. The number of hydrogen-bond donors (Lipinski definition) is 0. The van der Waals surface area contributed by atoms with Crippen LogP contribution in [0.15, 0.2) is 89.1 Å². The number of ether oxygens (including phenoxy) is 2. The second kappa shape index (κ2) is 17.6. The van der Waals surface area contributed by atoms with Gasteiger partial charge in [0.1, 0.15) is 5.75 Å². The van der Waals surface area contributed by atoms with Crippen LogP contribution in [0, 0.1) is 11.6 Å². The zero-order valence-corrected chi connectivity index (χ0v) is 22.9. The average molecular weight is 527 g/mol. The van der Waals surface area contributed by atoms with Gasteiger partial charge in [-0.3, -0.25) is 9.38 Å². The first kappa shape index (κ1) is 32.2. The van der Waals surface area contributed by atoms with E-state index in [9.17, 15) is 13.2 Å². The highest BCUT2D eigenvalue weighted by molar-refractivity contribution is 6.38. The minimum atomic E-state index is -0.942. The van der Waals surface area contributed by atoms with Crippen molar-refractivity contribution in [2.45, 2.75) is 33.6 Å². The third-order valence-corrected chi connectivity index (χ3v) is 5.32. The average Bonchev–Trinajstić information content (AvgIpc) is 2.93. The normalized spacial score (nSPS) is 12.2. The van der Waals surface area contributed by atoms with Crippen molar-refractivity contribution >= 4 is 23.2 Å². The summed E-state index contributed by atoms with van der Waals surface area (Å²) in [7, 11) is 3.27. The lowest BCUT2D eigenvalue weighted by atomic mass is 10.1. The molecule has 0 N–H and O–H groups in total. The Bertz CT molecular complexity index is 1170. The van der Waals surface area contributed by atoms with Crippen molar-refractivity contribution in [3.63, 3.8) is 0 Å². The van der Waals surface area contributed by atoms with Crippen LogP contribution in [0.3, 0.4) is 0 Å². The van der Waals surface area contributed by atoms with Gasteiger partial charge in [-0.25, -0.2) is 13.8 Å². The number of benzene rings is 2. The fourth-order valence-electron chi connectivity index (χ4n) is 3.01. The van der Waals surface area contributed by atoms with E-state index < -0.39 is 11.6 Å².